The molecule has 1 N–H and O–H groups in total. The summed E-state index contributed by atoms with van der Waals surface area (Å²) in [5.41, 5.74) is 1.86. The highest BCUT2D eigenvalue weighted by Gasteiger charge is 2.31. The molecule has 1 aromatic rings. The minimum atomic E-state index is -0.414. The van der Waals surface area contributed by atoms with E-state index in [1.807, 2.05) is 50.3 Å². The fourth-order valence-corrected chi connectivity index (χ4v) is 2.44. The summed E-state index contributed by atoms with van der Waals surface area (Å²) >= 11 is 3.34. The molecule has 6 heteroatoms. The number of aryl methyl sites for hydroxylation is 1. The maximum atomic E-state index is 11.8. The Balaban J connectivity index is 0.000000314. The van der Waals surface area contributed by atoms with Gasteiger partial charge in [0.05, 0.1) is 7.11 Å². The number of hydrogen-bond acceptors (Lipinski definition) is 3. The molecule has 0 bridgehead atoms. The first kappa shape index (κ1) is 21.7. The highest BCUT2D eigenvalue weighted by atomic mass is 79.9. The number of rotatable bonds is 6. The van der Waals surface area contributed by atoms with Crippen LogP contribution < -0.4 is 10.1 Å². The number of halogens is 1. The van der Waals surface area contributed by atoms with Gasteiger partial charge in [0, 0.05) is 16.7 Å². The minimum Gasteiger partial charge on any atom is -0.497 e. The Morgan fingerprint density at radius 1 is 1.42 bits per heavy atom. The fraction of sp³-hybridized carbons (Fsp3) is 0.300. The van der Waals surface area contributed by atoms with E-state index < -0.39 is 6.04 Å². The monoisotopic (exact) mass is 420 g/mol. The molecule has 1 heterocycles. The molecule has 2 rings (SSSR count). The summed E-state index contributed by atoms with van der Waals surface area (Å²) in [6, 6.07) is 7.55. The maximum absolute atomic E-state index is 11.8. The molecular formula is C20H25BrN2O3. The first-order valence-electron chi connectivity index (χ1n) is 8.23. The SMILES string of the molecule is C=C(/C=C\C(Br)=C/C)N1CCC(NC=O)C1=O.COc1cccc(C)c1. The lowest BCUT2D eigenvalue weighted by molar-refractivity contribution is -0.129. The molecule has 1 unspecified atom stereocenters. The largest absolute Gasteiger partial charge is 0.497 e. The molecule has 0 radical (unpaired) electrons. The predicted octanol–water partition coefficient (Wildman–Crippen LogP) is 3.71. The number of ether oxygens (including phenoxy) is 1. The molecule has 5 nitrogen and oxygen atoms in total. The second-order valence-corrected chi connectivity index (χ2v) is 6.55. The van der Waals surface area contributed by atoms with Crippen LogP contribution in [0.4, 0.5) is 0 Å². The van der Waals surface area contributed by atoms with E-state index in [9.17, 15) is 9.59 Å². The van der Waals surface area contributed by atoms with Gasteiger partial charge in [-0.2, -0.15) is 0 Å². The maximum Gasteiger partial charge on any atom is 0.249 e. The Bertz CT molecular complexity index is 698. The van der Waals surface area contributed by atoms with Crippen LogP contribution in [0, 0.1) is 6.92 Å². The Morgan fingerprint density at radius 2 is 2.15 bits per heavy atom. The number of likely N-dealkylation sites (tertiary alicyclic amines) is 1. The number of nitrogens with one attached hydrogen (secondary N) is 1. The Labute approximate surface area is 163 Å². The molecule has 1 fully saturated rings. The average molecular weight is 421 g/mol. The van der Waals surface area contributed by atoms with Crippen molar-refractivity contribution >= 4 is 28.2 Å². The number of benzene rings is 1. The van der Waals surface area contributed by atoms with Crippen LogP contribution in [0.2, 0.25) is 0 Å². The zero-order chi connectivity index (χ0) is 19.5. The lowest BCUT2D eigenvalue weighted by Crippen LogP contribution is -2.36. The van der Waals surface area contributed by atoms with Gasteiger partial charge in [0.15, 0.2) is 0 Å². The van der Waals surface area contributed by atoms with Crippen molar-refractivity contribution in [1.82, 2.24) is 10.2 Å². The molecule has 26 heavy (non-hydrogen) atoms. The van der Waals surface area contributed by atoms with Crippen LogP contribution in [-0.4, -0.2) is 36.9 Å². The molecule has 0 aliphatic carbocycles. The molecule has 1 saturated heterocycles. The average Bonchev–Trinajstić information content (AvgIpc) is 3.01. The van der Waals surface area contributed by atoms with E-state index in [2.05, 4.69) is 27.8 Å². The van der Waals surface area contributed by atoms with Gasteiger partial charge in [-0.3, -0.25) is 9.59 Å². The van der Waals surface area contributed by atoms with Crippen molar-refractivity contribution in [3.8, 4) is 5.75 Å². The van der Waals surface area contributed by atoms with E-state index in [4.69, 9.17) is 4.74 Å². The highest BCUT2D eigenvalue weighted by Crippen LogP contribution is 2.18. The smallest absolute Gasteiger partial charge is 0.249 e. The molecule has 0 saturated carbocycles. The minimum absolute atomic E-state index is 0.108. The van der Waals surface area contributed by atoms with Gasteiger partial charge in [-0.15, -0.1) is 0 Å². The third-order valence-electron chi connectivity index (χ3n) is 3.76. The lowest BCUT2D eigenvalue weighted by atomic mass is 10.2. The van der Waals surface area contributed by atoms with E-state index in [0.29, 0.717) is 25.1 Å². The summed E-state index contributed by atoms with van der Waals surface area (Å²) < 4.78 is 5.92. The molecule has 140 valence electrons. The van der Waals surface area contributed by atoms with Crippen LogP contribution in [0.3, 0.4) is 0 Å². The van der Waals surface area contributed by atoms with Gasteiger partial charge in [-0.05, 0) is 50.1 Å². The number of methoxy groups -OCH3 is 1. The molecule has 1 aliphatic heterocycles. The van der Waals surface area contributed by atoms with Crippen molar-refractivity contribution in [2.45, 2.75) is 26.3 Å². The van der Waals surface area contributed by atoms with E-state index >= 15 is 0 Å². The summed E-state index contributed by atoms with van der Waals surface area (Å²) in [7, 11) is 1.68. The van der Waals surface area contributed by atoms with Crippen LogP contribution in [-0.2, 0) is 9.59 Å². The number of nitrogens with zero attached hydrogens (tertiary/aromatic N) is 1. The van der Waals surface area contributed by atoms with Gasteiger partial charge in [0.25, 0.3) is 0 Å². The van der Waals surface area contributed by atoms with Crippen LogP contribution >= 0.6 is 15.9 Å². The summed E-state index contributed by atoms with van der Waals surface area (Å²) in [6.45, 7) is 8.38. The number of carbonyl (C=O) groups excluding carboxylic acids is 2. The van der Waals surface area contributed by atoms with Crippen molar-refractivity contribution in [3.63, 3.8) is 0 Å². The number of carbonyl (C=O) groups is 2. The van der Waals surface area contributed by atoms with Crippen LogP contribution in [0.25, 0.3) is 0 Å². The molecule has 0 spiro atoms. The van der Waals surface area contributed by atoms with Gasteiger partial charge < -0.3 is 15.0 Å². The van der Waals surface area contributed by atoms with Gasteiger partial charge >= 0.3 is 0 Å². The van der Waals surface area contributed by atoms with E-state index in [0.717, 1.165) is 10.2 Å². The van der Waals surface area contributed by atoms with Crippen molar-refractivity contribution in [2.75, 3.05) is 13.7 Å². The van der Waals surface area contributed by atoms with E-state index in [-0.39, 0.29) is 5.91 Å². The van der Waals surface area contributed by atoms with Crippen molar-refractivity contribution in [3.05, 3.63) is 64.8 Å². The predicted molar refractivity (Wildman–Crippen MR) is 108 cm³/mol. The Hall–Kier alpha value is -2.34. The molecular weight excluding hydrogens is 396 g/mol. The quantitative estimate of drug-likeness (QED) is 0.563. The van der Waals surface area contributed by atoms with Crippen molar-refractivity contribution in [2.24, 2.45) is 0 Å². The zero-order valence-corrected chi connectivity index (χ0v) is 17.0. The van der Waals surface area contributed by atoms with Gasteiger partial charge in [-0.25, -0.2) is 0 Å². The second kappa shape index (κ2) is 11.3. The highest BCUT2D eigenvalue weighted by molar-refractivity contribution is 9.11. The summed E-state index contributed by atoms with van der Waals surface area (Å²) in [5, 5.41) is 2.50. The molecule has 2 amide bonds. The summed E-state index contributed by atoms with van der Waals surface area (Å²) in [6.07, 6.45) is 6.67. The van der Waals surface area contributed by atoms with Crippen LogP contribution in [0.1, 0.15) is 18.9 Å². The molecule has 1 aliphatic rings. The van der Waals surface area contributed by atoms with Gasteiger partial charge in [-0.1, -0.05) is 40.7 Å². The lowest BCUT2D eigenvalue weighted by Gasteiger charge is -2.16. The van der Waals surface area contributed by atoms with Crippen molar-refractivity contribution in [1.29, 1.82) is 0 Å². The van der Waals surface area contributed by atoms with Crippen molar-refractivity contribution < 1.29 is 14.3 Å². The number of hydrogen-bond donors (Lipinski definition) is 1. The first-order chi connectivity index (χ1) is 12.4. The fourth-order valence-electron chi connectivity index (χ4n) is 2.31. The number of amides is 2. The van der Waals surface area contributed by atoms with E-state index in [1.54, 1.807) is 18.1 Å². The summed E-state index contributed by atoms with van der Waals surface area (Å²) in [5.74, 6) is 0.818. The Morgan fingerprint density at radius 3 is 2.69 bits per heavy atom. The first-order valence-corrected chi connectivity index (χ1v) is 9.02. The molecule has 0 aromatic heterocycles. The summed E-state index contributed by atoms with van der Waals surface area (Å²) in [4.78, 5) is 23.7. The molecule has 1 aromatic carbocycles. The van der Waals surface area contributed by atoms with Gasteiger partial charge in [0.2, 0.25) is 12.3 Å². The second-order valence-electron chi connectivity index (χ2n) is 5.63. The van der Waals surface area contributed by atoms with E-state index in [1.165, 1.54) is 5.56 Å². The third kappa shape index (κ3) is 6.88. The van der Waals surface area contributed by atoms with Crippen LogP contribution in [0.15, 0.2) is 59.3 Å². The van der Waals surface area contributed by atoms with Gasteiger partial charge in [0.1, 0.15) is 11.8 Å². The molecule has 1 atom stereocenters. The standard InChI is InChI=1S/C12H15BrN2O2.C8H10O/c1-3-10(13)5-4-9(2)15-7-6-11(12(15)17)14-8-16;1-7-4-3-5-8(6-7)9-2/h3-5,8,11H,2,6-7H2,1H3,(H,14,16);3-6H,1-2H3/b5-4-,10-3+;. The van der Waals surface area contributed by atoms with Crippen LogP contribution in [0.5, 0.6) is 5.75 Å². The normalized spacial score (nSPS) is 16.9. The topological polar surface area (TPSA) is 58.6 Å². The zero-order valence-electron chi connectivity index (χ0n) is 15.4. The Kier molecular flexibility index (Phi) is 9.44. The number of allylic oxidation sites excluding steroid dienone is 4. The third-order valence-corrected chi connectivity index (χ3v) is 4.48.